The molecule has 1 saturated carbocycles. The average molecular weight is 447 g/mol. The fraction of sp³-hybridized carbons (Fsp3) is 0.333. The van der Waals surface area contributed by atoms with Gasteiger partial charge in [-0.1, -0.05) is 43.0 Å². The molecule has 0 atom stereocenters. The third kappa shape index (κ3) is 3.59. The van der Waals surface area contributed by atoms with E-state index in [1.54, 1.807) is 31.3 Å². The molecule has 9 heteroatoms. The largest absolute Gasteiger partial charge is 0.332 e. The van der Waals surface area contributed by atoms with E-state index in [1.165, 1.54) is 22.5 Å². The molecule has 1 aliphatic rings. The normalized spacial score (nSPS) is 15.7. The zero-order valence-electron chi connectivity index (χ0n) is 16.6. The number of hydrogen-bond acceptors (Lipinski definition) is 4. The van der Waals surface area contributed by atoms with Crippen LogP contribution < -0.4 is 11.2 Å². The van der Waals surface area contributed by atoms with Crippen LogP contribution in [0.2, 0.25) is 5.02 Å². The molecule has 30 heavy (non-hydrogen) atoms. The van der Waals surface area contributed by atoms with E-state index in [0.717, 1.165) is 36.7 Å². The van der Waals surface area contributed by atoms with Gasteiger partial charge in [0.25, 0.3) is 0 Å². The first-order valence-electron chi connectivity index (χ1n) is 9.87. The monoisotopic (exact) mass is 446 g/mol. The molecule has 0 radical (unpaired) electrons. The maximum atomic E-state index is 13.2. The van der Waals surface area contributed by atoms with Crippen molar-refractivity contribution in [3.63, 3.8) is 0 Å². The first kappa shape index (κ1) is 20.8. The second kappa shape index (κ2) is 8.02. The van der Waals surface area contributed by atoms with Gasteiger partial charge in [-0.15, -0.1) is 0 Å². The van der Waals surface area contributed by atoms with Gasteiger partial charge >= 0.3 is 5.69 Å². The third-order valence-corrected chi connectivity index (χ3v) is 8.00. The summed E-state index contributed by atoms with van der Waals surface area (Å²) >= 11 is 6.34. The van der Waals surface area contributed by atoms with Gasteiger partial charge in [0.1, 0.15) is 5.49 Å². The van der Waals surface area contributed by atoms with Gasteiger partial charge in [-0.05, 0) is 43.2 Å². The zero-order valence-corrected chi connectivity index (χ0v) is 18.1. The quantitative estimate of drug-likeness (QED) is 0.642. The summed E-state index contributed by atoms with van der Waals surface area (Å²) in [5, 5.41) is 9.23. The van der Waals surface area contributed by atoms with Crippen LogP contribution in [0.15, 0.2) is 52.2 Å². The smallest absolute Gasteiger partial charge is 0.306 e. The Kier molecular flexibility index (Phi) is 5.57. The third-order valence-electron chi connectivity index (χ3n) is 5.77. The van der Waals surface area contributed by atoms with E-state index < -0.39 is 15.7 Å². The molecule has 0 bridgehead atoms. The van der Waals surface area contributed by atoms with Gasteiger partial charge < -0.3 is 4.98 Å². The summed E-state index contributed by atoms with van der Waals surface area (Å²) in [5.41, 5.74) is 0.0645. The van der Waals surface area contributed by atoms with Crippen LogP contribution in [0.3, 0.4) is 0 Å². The van der Waals surface area contributed by atoms with Crippen LogP contribution in [0.25, 0.3) is 16.6 Å². The number of H-pyrrole nitrogens is 1. The van der Waals surface area contributed by atoms with Crippen molar-refractivity contribution in [3.8, 4) is 5.69 Å². The molecule has 2 N–H and O–H groups in total. The van der Waals surface area contributed by atoms with Crippen LogP contribution >= 0.6 is 11.6 Å². The lowest BCUT2D eigenvalue weighted by Crippen LogP contribution is -2.38. The molecular formula is C21H23ClN4O3S. The molecular weight excluding hydrogens is 424 g/mol. The average Bonchev–Trinajstić information content (AvgIpc) is 2.75. The summed E-state index contributed by atoms with van der Waals surface area (Å²) in [6, 6.07) is 11.2. The number of fused-ring (bicyclic) bond motifs is 1. The minimum atomic E-state index is -3.77. The molecule has 2 aromatic carbocycles. The van der Waals surface area contributed by atoms with Gasteiger partial charge in [-0.3, -0.25) is 5.41 Å². The molecule has 4 rings (SSSR count). The van der Waals surface area contributed by atoms with Crippen LogP contribution in [-0.4, -0.2) is 35.4 Å². The zero-order chi connectivity index (χ0) is 21.5. The SMILES string of the molecule is CN(C1CCCCC1)S(=O)(=O)c1ccc(Cl)c(-n2c(=O)[nH]c3ccccc3c2=N)c1. The number of aromatic nitrogens is 2. The number of sulfonamides is 1. The topological polar surface area (TPSA) is 99.0 Å². The highest BCUT2D eigenvalue weighted by Crippen LogP contribution is 2.29. The highest BCUT2D eigenvalue weighted by Gasteiger charge is 2.29. The highest BCUT2D eigenvalue weighted by molar-refractivity contribution is 7.89. The number of nitrogens with one attached hydrogen (secondary N) is 2. The van der Waals surface area contributed by atoms with E-state index in [4.69, 9.17) is 17.0 Å². The predicted molar refractivity (Wildman–Crippen MR) is 117 cm³/mol. The maximum absolute atomic E-state index is 13.2. The Morgan fingerprint density at radius 2 is 1.83 bits per heavy atom. The highest BCUT2D eigenvalue weighted by atomic mass is 35.5. The van der Waals surface area contributed by atoms with E-state index in [2.05, 4.69) is 4.98 Å². The van der Waals surface area contributed by atoms with E-state index in [0.29, 0.717) is 10.9 Å². The molecule has 158 valence electrons. The molecule has 0 saturated heterocycles. The van der Waals surface area contributed by atoms with Crippen LogP contribution in [0.1, 0.15) is 32.1 Å². The van der Waals surface area contributed by atoms with E-state index in [9.17, 15) is 13.2 Å². The van der Waals surface area contributed by atoms with Crippen molar-refractivity contribution >= 4 is 32.5 Å². The van der Waals surface area contributed by atoms with Gasteiger partial charge in [0, 0.05) is 18.5 Å². The Hall–Kier alpha value is -2.42. The van der Waals surface area contributed by atoms with Crippen molar-refractivity contribution in [1.82, 2.24) is 13.9 Å². The minimum absolute atomic E-state index is 0.0358. The summed E-state index contributed by atoms with van der Waals surface area (Å²) in [4.78, 5) is 15.5. The van der Waals surface area contributed by atoms with Crippen LogP contribution in [0.4, 0.5) is 0 Å². The molecule has 0 unspecified atom stereocenters. The summed E-state index contributed by atoms with van der Waals surface area (Å²) < 4.78 is 29.0. The molecule has 1 aromatic heterocycles. The molecule has 1 aliphatic carbocycles. The van der Waals surface area contributed by atoms with Crippen LogP contribution in [0, 0.1) is 5.41 Å². The van der Waals surface area contributed by atoms with Crippen molar-refractivity contribution < 1.29 is 8.42 Å². The van der Waals surface area contributed by atoms with Crippen molar-refractivity contribution in [1.29, 1.82) is 5.41 Å². The summed E-state index contributed by atoms with van der Waals surface area (Å²) in [6.07, 6.45) is 4.84. The van der Waals surface area contributed by atoms with Gasteiger partial charge in [0.2, 0.25) is 10.0 Å². The fourth-order valence-corrected chi connectivity index (χ4v) is 5.69. The second-order valence-corrected chi connectivity index (χ2v) is 9.99. The Balaban J connectivity index is 1.85. The molecule has 0 aliphatic heterocycles. The molecule has 7 nitrogen and oxygen atoms in total. The number of benzene rings is 2. The molecule has 1 heterocycles. The predicted octanol–water partition coefficient (Wildman–Crippen LogP) is 3.40. The fourth-order valence-electron chi connectivity index (χ4n) is 4.05. The Labute approximate surface area is 179 Å². The first-order chi connectivity index (χ1) is 14.3. The first-order valence-corrected chi connectivity index (χ1v) is 11.7. The lowest BCUT2D eigenvalue weighted by atomic mass is 9.96. The van der Waals surface area contributed by atoms with Gasteiger partial charge in [0.05, 0.1) is 21.1 Å². The number of nitrogens with zero attached hydrogens (tertiary/aromatic N) is 2. The second-order valence-electron chi connectivity index (χ2n) is 7.59. The van der Waals surface area contributed by atoms with Crippen LogP contribution in [0.5, 0.6) is 0 Å². The minimum Gasteiger partial charge on any atom is -0.306 e. The molecule has 0 spiro atoms. The van der Waals surface area contributed by atoms with Crippen LogP contribution in [-0.2, 0) is 10.0 Å². The Morgan fingerprint density at radius 1 is 1.13 bits per heavy atom. The van der Waals surface area contributed by atoms with E-state index in [-0.39, 0.29) is 27.1 Å². The number of halogens is 1. The lowest BCUT2D eigenvalue weighted by Gasteiger charge is -2.30. The van der Waals surface area contributed by atoms with Gasteiger partial charge in [0.15, 0.2) is 0 Å². The summed E-state index contributed by atoms with van der Waals surface area (Å²) in [5.74, 6) is 0. The number of aromatic amines is 1. The van der Waals surface area contributed by atoms with Crippen molar-refractivity contribution in [2.45, 2.75) is 43.0 Å². The van der Waals surface area contributed by atoms with Crippen molar-refractivity contribution in [2.75, 3.05) is 7.05 Å². The standard InChI is InChI=1S/C21H23ClN4O3S/c1-25(14-7-3-2-4-8-14)30(28,29)15-11-12-17(22)19(13-15)26-20(23)16-9-5-6-10-18(16)24-21(26)27/h5-6,9-14,23H,2-4,7-8H2,1H3,(H,24,27). The summed E-state index contributed by atoms with van der Waals surface area (Å²) in [7, 11) is -2.16. The summed E-state index contributed by atoms with van der Waals surface area (Å²) in [6.45, 7) is 0. The van der Waals surface area contributed by atoms with Gasteiger partial charge in [-0.2, -0.15) is 4.31 Å². The maximum Gasteiger partial charge on any atom is 0.332 e. The Morgan fingerprint density at radius 3 is 2.57 bits per heavy atom. The number of para-hydroxylation sites is 1. The van der Waals surface area contributed by atoms with Crippen molar-refractivity contribution in [2.24, 2.45) is 0 Å². The number of rotatable bonds is 4. The van der Waals surface area contributed by atoms with Crippen molar-refractivity contribution in [3.05, 3.63) is 63.5 Å². The van der Waals surface area contributed by atoms with Gasteiger partial charge in [-0.25, -0.2) is 17.8 Å². The molecule has 3 aromatic rings. The molecule has 0 amide bonds. The van der Waals surface area contributed by atoms with E-state index in [1.807, 2.05) is 0 Å². The Bertz CT molecular complexity index is 1320. The lowest BCUT2D eigenvalue weighted by molar-refractivity contribution is 0.286. The molecule has 1 fully saturated rings. The van der Waals surface area contributed by atoms with E-state index >= 15 is 0 Å². The number of hydrogen-bond donors (Lipinski definition) is 2.